The summed E-state index contributed by atoms with van der Waals surface area (Å²) in [5.41, 5.74) is 1.13. The molecule has 0 radical (unpaired) electrons. The normalized spacial score (nSPS) is 11.6. The van der Waals surface area contributed by atoms with Crippen LogP contribution in [0, 0.1) is 29.1 Å². The van der Waals surface area contributed by atoms with Gasteiger partial charge in [0, 0.05) is 5.56 Å². The molecule has 4 aromatic carbocycles. The Morgan fingerprint density at radius 3 is 1.89 bits per heavy atom. The van der Waals surface area contributed by atoms with Crippen LogP contribution in [-0.2, 0) is 12.5 Å². The van der Waals surface area contributed by atoms with E-state index in [4.69, 9.17) is 11.6 Å². The van der Waals surface area contributed by atoms with Crippen molar-refractivity contribution >= 4 is 11.6 Å². The third-order valence-electron chi connectivity index (χ3n) is 5.70. The van der Waals surface area contributed by atoms with Crippen molar-refractivity contribution in [2.45, 2.75) is 25.9 Å². The maximum absolute atomic E-state index is 14.6. The molecule has 0 heterocycles. The van der Waals surface area contributed by atoms with Gasteiger partial charge in [0.1, 0.15) is 5.82 Å². The van der Waals surface area contributed by atoms with Gasteiger partial charge in [-0.1, -0.05) is 67.4 Å². The van der Waals surface area contributed by atoms with Crippen molar-refractivity contribution in [2.75, 3.05) is 0 Å². The first kappa shape index (κ1) is 26.5. The molecule has 9 heteroatoms. The smallest absolute Gasteiger partial charge is 0.426 e. The van der Waals surface area contributed by atoms with E-state index in [9.17, 15) is 30.7 Å². The van der Waals surface area contributed by atoms with Crippen LogP contribution in [0.5, 0.6) is 5.75 Å². The summed E-state index contributed by atoms with van der Waals surface area (Å²) in [5.74, 6) is -8.12. The SMILES string of the molecule is CCCc1ccc(-c2ccc(-c3ccc(OC(F)(F)c4cc(F)c(F)c(F)c4)c(F)c3)cc2)c(Cl)c1F. The minimum atomic E-state index is -4.35. The topological polar surface area (TPSA) is 9.23 Å². The average Bonchev–Trinajstić information content (AvgIpc) is 2.86. The van der Waals surface area contributed by atoms with Crippen LogP contribution in [0.4, 0.5) is 30.7 Å². The zero-order valence-electron chi connectivity index (χ0n) is 19.2. The molecule has 0 aliphatic heterocycles. The minimum Gasteiger partial charge on any atom is -0.426 e. The zero-order valence-corrected chi connectivity index (χ0v) is 20.0. The summed E-state index contributed by atoms with van der Waals surface area (Å²) in [6.45, 7) is 1.93. The summed E-state index contributed by atoms with van der Waals surface area (Å²) < 4.78 is 102. The Morgan fingerprint density at radius 2 is 1.30 bits per heavy atom. The Balaban J connectivity index is 1.56. The summed E-state index contributed by atoms with van der Waals surface area (Å²) in [5, 5.41) is -0.00640. The summed E-state index contributed by atoms with van der Waals surface area (Å²) >= 11 is 6.23. The van der Waals surface area contributed by atoms with Crippen LogP contribution in [0.3, 0.4) is 0 Å². The highest BCUT2D eigenvalue weighted by Gasteiger charge is 2.37. The van der Waals surface area contributed by atoms with Crippen molar-refractivity contribution in [3.63, 3.8) is 0 Å². The Labute approximate surface area is 213 Å². The van der Waals surface area contributed by atoms with Crippen LogP contribution in [0.15, 0.2) is 66.7 Å². The first-order valence-electron chi connectivity index (χ1n) is 11.1. The fourth-order valence-electron chi connectivity index (χ4n) is 3.80. The molecule has 0 fully saturated rings. The lowest BCUT2D eigenvalue weighted by Crippen LogP contribution is -2.23. The van der Waals surface area contributed by atoms with Gasteiger partial charge in [0.05, 0.1) is 10.6 Å². The van der Waals surface area contributed by atoms with Crippen molar-refractivity contribution in [3.05, 3.63) is 112 Å². The highest BCUT2D eigenvalue weighted by Crippen LogP contribution is 2.37. The molecule has 0 bridgehead atoms. The first-order chi connectivity index (χ1) is 17.5. The molecule has 37 heavy (non-hydrogen) atoms. The average molecular weight is 539 g/mol. The number of alkyl halides is 2. The van der Waals surface area contributed by atoms with Gasteiger partial charge in [0.15, 0.2) is 29.0 Å². The second-order valence-electron chi connectivity index (χ2n) is 8.25. The van der Waals surface area contributed by atoms with Crippen LogP contribution in [0.1, 0.15) is 24.5 Å². The van der Waals surface area contributed by atoms with E-state index in [0.29, 0.717) is 34.2 Å². The molecule has 0 amide bonds. The Kier molecular flexibility index (Phi) is 7.50. The molecule has 0 saturated carbocycles. The Hall–Kier alpha value is -3.52. The number of hydrogen-bond acceptors (Lipinski definition) is 1. The number of hydrogen-bond donors (Lipinski definition) is 0. The van der Waals surface area contributed by atoms with E-state index in [1.54, 1.807) is 36.4 Å². The molecule has 0 spiro atoms. The molecule has 1 nitrogen and oxygen atoms in total. The highest BCUT2D eigenvalue weighted by molar-refractivity contribution is 6.33. The molecule has 4 aromatic rings. The van der Waals surface area contributed by atoms with Crippen molar-refractivity contribution in [3.8, 4) is 28.0 Å². The van der Waals surface area contributed by atoms with Crippen molar-refractivity contribution in [1.29, 1.82) is 0 Å². The number of aryl methyl sites for hydroxylation is 1. The van der Waals surface area contributed by atoms with E-state index in [0.717, 1.165) is 18.6 Å². The Bertz CT molecular complexity index is 1430. The van der Waals surface area contributed by atoms with Gasteiger partial charge >= 0.3 is 6.11 Å². The minimum absolute atomic E-state index is 0.00640. The van der Waals surface area contributed by atoms with Crippen LogP contribution >= 0.6 is 11.6 Å². The second-order valence-corrected chi connectivity index (χ2v) is 8.62. The third-order valence-corrected chi connectivity index (χ3v) is 6.07. The fraction of sp³-hybridized carbons (Fsp3) is 0.143. The van der Waals surface area contributed by atoms with Gasteiger partial charge in [-0.25, -0.2) is 22.0 Å². The molecule has 0 atom stereocenters. The molecule has 4 rings (SSSR count). The largest absolute Gasteiger partial charge is 0.427 e. The van der Waals surface area contributed by atoms with Crippen LogP contribution < -0.4 is 4.74 Å². The number of benzene rings is 4. The van der Waals surface area contributed by atoms with Crippen LogP contribution in [0.2, 0.25) is 5.02 Å². The molecule has 192 valence electrons. The van der Waals surface area contributed by atoms with Gasteiger partial charge in [-0.2, -0.15) is 8.78 Å². The van der Waals surface area contributed by atoms with E-state index in [-0.39, 0.29) is 17.2 Å². The predicted octanol–water partition coefficient (Wildman–Crippen LogP) is 9.45. The molecule has 0 N–H and O–H groups in total. The van der Waals surface area contributed by atoms with Gasteiger partial charge in [-0.05, 0) is 52.9 Å². The summed E-state index contributed by atoms with van der Waals surface area (Å²) in [7, 11) is 0. The van der Waals surface area contributed by atoms with Crippen LogP contribution in [0.25, 0.3) is 22.3 Å². The van der Waals surface area contributed by atoms with Gasteiger partial charge in [0.2, 0.25) is 0 Å². The monoisotopic (exact) mass is 538 g/mol. The predicted molar refractivity (Wildman–Crippen MR) is 127 cm³/mol. The molecule has 0 unspecified atom stereocenters. The van der Waals surface area contributed by atoms with Gasteiger partial charge in [-0.15, -0.1) is 0 Å². The molecular formula is C28H18ClF7O. The number of ether oxygens (including phenoxy) is 1. The lowest BCUT2D eigenvalue weighted by molar-refractivity contribution is -0.187. The summed E-state index contributed by atoms with van der Waals surface area (Å²) in [6, 6.07) is 13.3. The Morgan fingerprint density at radius 1 is 0.703 bits per heavy atom. The summed E-state index contributed by atoms with van der Waals surface area (Å²) in [4.78, 5) is 0. The van der Waals surface area contributed by atoms with Gasteiger partial charge < -0.3 is 4.74 Å². The van der Waals surface area contributed by atoms with Crippen molar-refractivity contribution < 1.29 is 35.5 Å². The zero-order chi connectivity index (χ0) is 26.9. The van der Waals surface area contributed by atoms with Gasteiger partial charge in [-0.3, -0.25) is 0 Å². The lowest BCUT2D eigenvalue weighted by atomic mass is 9.98. The third kappa shape index (κ3) is 5.44. The van der Waals surface area contributed by atoms with E-state index >= 15 is 0 Å². The maximum Gasteiger partial charge on any atom is 0.427 e. The summed E-state index contributed by atoms with van der Waals surface area (Å²) in [6.07, 6.45) is -3.02. The van der Waals surface area contributed by atoms with E-state index in [1.165, 1.54) is 6.07 Å². The number of rotatable bonds is 7. The highest BCUT2D eigenvalue weighted by atomic mass is 35.5. The number of halogens is 8. The van der Waals surface area contributed by atoms with E-state index < -0.39 is 46.5 Å². The first-order valence-corrected chi connectivity index (χ1v) is 11.5. The van der Waals surface area contributed by atoms with Gasteiger partial charge in [0.25, 0.3) is 0 Å². The van der Waals surface area contributed by atoms with E-state index in [2.05, 4.69) is 4.74 Å². The van der Waals surface area contributed by atoms with Crippen LogP contribution in [-0.4, -0.2) is 0 Å². The van der Waals surface area contributed by atoms with E-state index in [1.807, 2.05) is 6.92 Å². The molecule has 0 aromatic heterocycles. The molecule has 0 aliphatic rings. The van der Waals surface area contributed by atoms with Crippen molar-refractivity contribution in [1.82, 2.24) is 0 Å². The molecular weight excluding hydrogens is 521 g/mol. The fourth-order valence-corrected chi connectivity index (χ4v) is 4.09. The second kappa shape index (κ2) is 10.5. The molecule has 0 saturated heterocycles. The maximum atomic E-state index is 14.6. The lowest BCUT2D eigenvalue weighted by Gasteiger charge is -2.19. The quantitative estimate of drug-likeness (QED) is 0.168. The molecule has 0 aliphatic carbocycles. The van der Waals surface area contributed by atoms with Crippen molar-refractivity contribution in [2.24, 2.45) is 0 Å². The standard InChI is InChI=1S/C28H18ClF7O/c1-2-3-17-8-10-20(25(29)26(17)33)16-6-4-15(5-7-16)18-9-11-24(21(30)12-18)37-28(35,36)19-13-22(31)27(34)23(32)14-19/h4-14H,2-3H2,1H3.